The van der Waals surface area contributed by atoms with Crippen molar-refractivity contribution in [3.63, 3.8) is 0 Å². The number of amides is 2. The summed E-state index contributed by atoms with van der Waals surface area (Å²) in [4.78, 5) is 26.7. The first-order chi connectivity index (χ1) is 47.3. The Bertz CT molecular complexity index is 4820. The summed E-state index contributed by atoms with van der Waals surface area (Å²) >= 11 is 0. The molecule has 2 aliphatic heterocycles. The maximum Gasteiger partial charge on any atom is 0.407 e. The van der Waals surface area contributed by atoms with E-state index >= 15 is 0 Å². The molecule has 2 N–H and O–H groups in total. The number of carbonyl (C=O) groups excluding carboxylic acids is 2. The second-order valence-corrected chi connectivity index (χ2v) is 29.0. The Hall–Kier alpha value is -10.5. The van der Waals surface area contributed by atoms with E-state index in [0.29, 0.717) is 24.5 Å². The molecule has 0 bridgehead atoms. The Morgan fingerprint density at radius 3 is 1.27 bits per heavy atom. The minimum Gasteiger partial charge on any atom is -0.497 e. The van der Waals surface area contributed by atoms with Crippen molar-refractivity contribution in [2.75, 3.05) is 47.2 Å². The Morgan fingerprint density at radius 2 is 0.837 bits per heavy atom. The summed E-state index contributed by atoms with van der Waals surface area (Å²) in [5.74, 6) is 4.44. The molecule has 0 aromatic heterocycles. The fourth-order valence-corrected chi connectivity index (χ4v) is 17.0. The minimum atomic E-state index is -0.989. The summed E-state index contributed by atoms with van der Waals surface area (Å²) in [5, 5.41) is 10.6. The lowest BCUT2D eigenvalue weighted by molar-refractivity contribution is 0.0597. The molecule has 10 aromatic carbocycles. The highest BCUT2D eigenvalue weighted by Crippen LogP contribution is 2.60. The van der Waals surface area contributed by atoms with Gasteiger partial charge in [-0.2, -0.15) is 0 Å². The number of rotatable bonds is 17. The molecule has 1 saturated carbocycles. The van der Waals surface area contributed by atoms with Gasteiger partial charge in [0.2, 0.25) is 0 Å². The normalized spacial score (nSPS) is 20.6. The second-order valence-electron chi connectivity index (χ2n) is 29.0. The predicted octanol–water partition coefficient (Wildman–Crippen LogP) is 18.8. The Balaban J connectivity index is 0.550. The fraction of sp³-hybridized carbons (Fsp3) is 0.279. The minimum absolute atomic E-state index is 0.0403. The molecule has 98 heavy (non-hydrogen) atoms. The topological polar surface area (TPSA) is 132 Å². The number of alkyl carbamates (subject to hydrolysis) is 2. The molecular formula is C86H82N2O10. The number of hydrogen-bond donors (Lipinski definition) is 2. The smallest absolute Gasteiger partial charge is 0.407 e. The molecule has 12 heteroatoms. The average molecular weight is 1300 g/mol. The van der Waals surface area contributed by atoms with E-state index in [9.17, 15) is 9.59 Å². The number of fused-ring (bicyclic) bond motifs is 16. The SMILES string of the molecule is COc1ccc(C2(c3ccc(OCCOC(=O)NCC4(C)CC(NC(=O)OCCOc5ccc(C6(c7ccc(OC)cc7)C=Cc7c8c(c9ccccc9c7O6)-c6ccccc6C8(C)C)cc5)CC(C)(C)C4)cc3)C=Cc3c4c(c5ccccc5c3O2)-c2ccccc2C4(C)C)cc1. The third-order valence-electron chi connectivity index (χ3n) is 21.1. The highest BCUT2D eigenvalue weighted by molar-refractivity contribution is 6.10. The third kappa shape index (κ3) is 11.0. The summed E-state index contributed by atoms with van der Waals surface area (Å²) in [6.45, 7) is 16.5. The predicted molar refractivity (Wildman–Crippen MR) is 387 cm³/mol. The van der Waals surface area contributed by atoms with E-state index in [1.807, 2.05) is 72.8 Å². The van der Waals surface area contributed by atoms with Crippen LogP contribution in [0.2, 0.25) is 0 Å². The van der Waals surface area contributed by atoms with Crippen molar-refractivity contribution < 1.29 is 47.5 Å². The van der Waals surface area contributed by atoms with Gasteiger partial charge >= 0.3 is 12.2 Å². The Labute approximate surface area is 573 Å². The van der Waals surface area contributed by atoms with Crippen molar-refractivity contribution in [2.24, 2.45) is 10.8 Å². The number of carbonyl (C=O) groups is 2. The first kappa shape index (κ1) is 63.6. The van der Waals surface area contributed by atoms with Crippen LogP contribution >= 0.6 is 0 Å². The molecule has 0 spiro atoms. The van der Waals surface area contributed by atoms with E-state index in [2.05, 4.69) is 205 Å². The molecular weight excluding hydrogens is 1220 g/mol. The molecule has 4 unspecified atom stereocenters. The average Bonchev–Trinajstić information content (AvgIpc) is 1.49. The van der Waals surface area contributed by atoms with Crippen molar-refractivity contribution in [3.8, 4) is 56.8 Å². The maximum atomic E-state index is 13.4. The largest absolute Gasteiger partial charge is 0.497 e. The van der Waals surface area contributed by atoms with Gasteiger partial charge in [0.05, 0.1) is 14.2 Å². The standard InChI is InChI=1S/C86H82N2O10/c1-81(2)50-58(88-80(90)96-49-47-94-62-40-32-57(33-41-62)86(55-28-36-60(92-9)37-29-55)45-43-70-76-74(64-19-11-13-21-66(64)78(70)98-86)68-23-15-17-25-72(68)83(76,5)6)51-84(7,52-81)53-87-79(89)95-48-46-93-61-38-30-56(31-39-61)85(54-26-34-59(91-8)35-27-54)44-42-69-75-73(63-18-10-12-20-65(63)77(69)97-85)67-22-14-16-24-71(67)82(75,3)4/h10-45,58H,46-53H2,1-9H3,(H,87,89)(H,88,90). The number of methoxy groups -OCH3 is 2. The molecule has 0 saturated heterocycles. The van der Waals surface area contributed by atoms with Gasteiger partial charge in [-0.25, -0.2) is 9.59 Å². The molecule has 3 aliphatic carbocycles. The molecule has 1 fully saturated rings. The number of benzene rings is 10. The van der Waals surface area contributed by atoms with E-state index in [1.54, 1.807) is 14.2 Å². The zero-order chi connectivity index (χ0) is 67.8. The van der Waals surface area contributed by atoms with Crippen LogP contribution in [0.5, 0.6) is 34.5 Å². The zero-order valence-corrected chi connectivity index (χ0v) is 57.1. The van der Waals surface area contributed by atoms with Crippen LogP contribution in [0.25, 0.3) is 56.0 Å². The third-order valence-corrected chi connectivity index (χ3v) is 21.1. The van der Waals surface area contributed by atoms with Gasteiger partial charge < -0.3 is 48.5 Å². The lowest BCUT2D eigenvalue weighted by Gasteiger charge is -2.46. The fourth-order valence-electron chi connectivity index (χ4n) is 17.0. The van der Waals surface area contributed by atoms with Gasteiger partial charge in [-0.05, 0) is 146 Å². The molecule has 12 nitrogen and oxygen atoms in total. The van der Waals surface area contributed by atoms with Crippen LogP contribution in [0.4, 0.5) is 9.59 Å². The number of hydrogen-bond acceptors (Lipinski definition) is 10. The van der Waals surface area contributed by atoms with Crippen LogP contribution in [-0.2, 0) is 31.5 Å². The van der Waals surface area contributed by atoms with E-state index in [-0.39, 0.29) is 54.1 Å². The van der Waals surface area contributed by atoms with E-state index in [4.69, 9.17) is 37.9 Å². The van der Waals surface area contributed by atoms with E-state index < -0.39 is 23.4 Å². The number of nitrogens with one attached hydrogen (secondary N) is 2. The Morgan fingerprint density at radius 1 is 0.449 bits per heavy atom. The van der Waals surface area contributed by atoms with Gasteiger partial charge in [0.15, 0.2) is 11.2 Å². The summed E-state index contributed by atoms with van der Waals surface area (Å²) in [7, 11) is 3.34. The van der Waals surface area contributed by atoms with Crippen LogP contribution in [0.3, 0.4) is 0 Å². The van der Waals surface area contributed by atoms with Crippen molar-refractivity contribution in [1.29, 1.82) is 0 Å². The molecule has 5 aliphatic rings. The molecule has 2 amide bonds. The lowest BCUT2D eigenvalue weighted by Crippen LogP contribution is -2.50. The van der Waals surface area contributed by atoms with E-state index in [0.717, 1.165) is 90.8 Å². The molecule has 15 rings (SSSR count). The second kappa shape index (κ2) is 24.6. The van der Waals surface area contributed by atoms with Gasteiger partial charge in [0, 0.05) is 67.6 Å². The van der Waals surface area contributed by atoms with Crippen molar-refractivity contribution in [1.82, 2.24) is 10.6 Å². The number of ether oxygens (including phenoxy) is 8. The summed E-state index contributed by atoms with van der Waals surface area (Å²) in [6.07, 6.45) is 10.1. The quantitative estimate of drug-likeness (QED) is 0.0850. The van der Waals surface area contributed by atoms with Gasteiger partial charge in [-0.1, -0.05) is 206 Å². The highest BCUT2D eigenvalue weighted by Gasteiger charge is 2.47. The Kier molecular flexibility index (Phi) is 15.9. The summed E-state index contributed by atoms with van der Waals surface area (Å²) in [6, 6.07) is 66.5. The van der Waals surface area contributed by atoms with Crippen LogP contribution < -0.4 is 39.1 Å². The molecule has 2 heterocycles. The van der Waals surface area contributed by atoms with Crippen LogP contribution in [0.15, 0.2) is 206 Å². The van der Waals surface area contributed by atoms with E-state index in [1.165, 1.54) is 44.5 Å². The summed E-state index contributed by atoms with van der Waals surface area (Å²) < 4.78 is 49.9. The van der Waals surface area contributed by atoms with Crippen molar-refractivity contribution in [3.05, 3.63) is 262 Å². The molecule has 0 radical (unpaired) electrons. The maximum absolute atomic E-state index is 13.4. The van der Waals surface area contributed by atoms with Gasteiger partial charge in [-0.3, -0.25) is 0 Å². The van der Waals surface area contributed by atoms with Crippen LogP contribution in [0, 0.1) is 10.8 Å². The van der Waals surface area contributed by atoms with Crippen LogP contribution in [-0.4, -0.2) is 65.4 Å². The molecule has 4 atom stereocenters. The lowest BCUT2D eigenvalue weighted by atomic mass is 9.62. The van der Waals surface area contributed by atoms with Crippen molar-refractivity contribution >= 4 is 45.9 Å². The first-order valence-electron chi connectivity index (χ1n) is 34.1. The van der Waals surface area contributed by atoms with Gasteiger partial charge in [0.1, 0.15) is 60.9 Å². The van der Waals surface area contributed by atoms with Gasteiger partial charge in [-0.15, -0.1) is 0 Å². The first-order valence-corrected chi connectivity index (χ1v) is 34.1. The zero-order valence-electron chi connectivity index (χ0n) is 57.1. The highest BCUT2D eigenvalue weighted by atomic mass is 16.6. The van der Waals surface area contributed by atoms with Crippen molar-refractivity contribution in [2.45, 2.75) is 95.8 Å². The van der Waals surface area contributed by atoms with Crippen LogP contribution in [0.1, 0.15) is 123 Å². The monoisotopic (exact) mass is 1300 g/mol. The molecule has 10 aromatic rings. The molecule has 496 valence electrons. The van der Waals surface area contributed by atoms with Gasteiger partial charge in [0.25, 0.3) is 0 Å². The summed E-state index contributed by atoms with van der Waals surface area (Å²) in [5.41, 5.74) is 13.2.